The van der Waals surface area contributed by atoms with E-state index in [2.05, 4.69) is 203 Å². The third-order valence-corrected chi connectivity index (χ3v) is 12.3. The van der Waals surface area contributed by atoms with Gasteiger partial charge in [-0.3, -0.25) is 0 Å². The minimum Gasteiger partial charge on any atom is -0.356 e. The van der Waals surface area contributed by atoms with Gasteiger partial charge in [-0.25, -0.2) is 0 Å². The first-order valence-corrected chi connectivity index (χ1v) is 19.4. The molecule has 1 aliphatic heterocycles. The van der Waals surface area contributed by atoms with Crippen molar-refractivity contribution in [2.75, 3.05) is 10.2 Å². The number of nitrogens with zero attached hydrogens (tertiary/aromatic N) is 2. The van der Waals surface area contributed by atoms with E-state index in [4.69, 9.17) is 0 Å². The molecule has 3 nitrogen and oxygen atoms in total. The van der Waals surface area contributed by atoms with Crippen molar-refractivity contribution in [1.82, 2.24) is 4.57 Å². The number of para-hydroxylation sites is 3. The Labute approximate surface area is 318 Å². The summed E-state index contributed by atoms with van der Waals surface area (Å²) in [6.07, 6.45) is 5.62. The largest absolute Gasteiger partial charge is 0.356 e. The highest BCUT2D eigenvalue weighted by atomic mass is 32.1. The smallest absolute Gasteiger partial charge is 0.109 e. The zero-order chi connectivity index (χ0) is 35.6. The van der Waals surface area contributed by atoms with Crippen LogP contribution in [-0.2, 0) is 0 Å². The highest BCUT2D eigenvalue weighted by Crippen LogP contribution is 2.48. The number of hydrogen-bond acceptors (Lipinski definition) is 3. The van der Waals surface area contributed by atoms with E-state index in [1.807, 2.05) is 11.3 Å². The van der Waals surface area contributed by atoms with Crippen LogP contribution in [0.2, 0.25) is 0 Å². The van der Waals surface area contributed by atoms with Gasteiger partial charge in [-0.15, -0.1) is 11.3 Å². The maximum Gasteiger partial charge on any atom is 0.109 e. The lowest BCUT2D eigenvalue weighted by Gasteiger charge is -2.31. The standard InChI is InChI=1S/C50H35N3S/c1-3-12-33(13-4-1)34-22-27-38(28-23-34)52(46-21-11-18-41-40-16-7-9-19-44(40)51-49(41)46)39-29-24-35(25-30-39)36-26-31-43-47(32-36)54-50-48(43)42-17-8-10-20-45(42)53(50)37-14-5-2-6-15-37/h1-17,19-32,41,51H,18H2. The molecule has 54 heavy (non-hydrogen) atoms. The van der Waals surface area contributed by atoms with Gasteiger partial charge in [-0.1, -0.05) is 127 Å². The summed E-state index contributed by atoms with van der Waals surface area (Å²) >= 11 is 1.88. The van der Waals surface area contributed by atoms with Gasteiger partial charge in [0, 0.05) is 55.2 Å². The average molecular weight is 710 g/mol. The molecule has 0 saturated carbocycles. The Hall–Kier alpha value is -6.62. The second-order valence-corrected chi connectivity index (χ2v) is 15.2. The SMILES string of the molecule is C1=CC(N(c2ccc(-c3ccccc3)cc2)c2ccc(-c3ccc4c(c3)sc3c4c4ccccc4n3-c3ccccc3)cc2)=C2Nc3ccccc3C2C1. The van der Waals surface area contributed by atoms with Crippen LogP contribution < -0.4 is 10.2 Å². The highest BCUT2D eigenvalue weighted by molar-refractivity contribution is 7.25. The molecule has 0 fully saturated rings. The van der Waals surface area contributed by atoms with Crippen molar-refractivity contribution in [3.05, 3.63) is 205 Å². The van der Waals surface area contributed by atoms with Crippen LogP contribution in [-0.4, -0.2) is 4.57 Å². The third-order valence-electron chi connectivity index (χ3n) is 11.1. The van der Waals surface area contributed by atoms with Crippen LogP contribution in [0.25, 0.3) is 59.1 Å². The highest BCUT2D eigenvalue weighted by Gasteiger charge is 2.32. The average Bonchev–Trinajstić information content (AvgIpc) is 3.91. The van der Waals surface area contributed by atoms with Gasteiger partial charge < -0.3 is 14.8 Å². The molecule has 3 heterocycles. The first kappa shape index (κ1) is 31.0. The lowest BCUT2D eigenvalue weighted by molar-refractivity contribution is 0.816. The molecule has 4 heteroatoms. The number of aromatic nitrogens is 1. The van der Waals surface area contributed by atoms with Crippen LogP contribution in [0.15, 0.2) is 199 Å². The Morgan fingerprint density at radius 3 is 1.98 bits per heavy atom. The maximum atomic E-state index is 3.82. The van der Waals surface area contributed by atoms with Gasteiger partial charge in [0.15, 0.2) is 0 Å². The predicted molar refractivity (Wildman–Crippen MR) is 229 cm³/mol. The topological polar surface area (TPSA) is 20.2 Å². The molecule has 1 aliphatic carbocycles. The summed E-state index contributed by atoms with van der Waals surface area (Å²) in [6, 6.07) is 63.9. The van der Waals surface area contributed by atoms with Gasteiger partial charge in [-0.05, 0) is 94.9 Å². The number of rotatable bonds is 6. The fourth-order valence-corrected chi connectivity index (χ4v) is 9.85. The van der Waals surface area contributed by atoms with E-state index in [9.17, 15) is 0 Å². The fraction of sp³-hybridized carbons (Fsp3) is 0.0400. The molecule has 1 atom stereocenters. The Balaban J connectivity index is 1.00. The molecular weight excluding hydrogens is 675 g/mol. The Morgan fingerprint density at radius 1 is 0.574 bits per heavy atom. The summed E-state index contributed by atoms with van der Waals surface area (Å²) < 4.78 is 3.72. The van der Waals surface area contributed by atoms with Crippen LogP contribution >= 0.6 is 11.3 Å². The molecular formula is C50H35N3S. The lowest BCUT2D eigenvalue weighted by Crippen LogP contribution is -2.21. The second kappa shape index (κ2) is 12.5. The summed E-state index contributed by atoms with van der Waals surface area (Å²) in [5.74, 6) is 0.315. The van der Waals surface area contributed by atoms with E-state index in [1.54, 1.807) is 0 Å². The van der Waals surface area contributed by atoms with E-state index in [0.29, 0.717) is 5.92 Å². The quantitative estimate of drug-likeness (QED) is 0.185. The molecule has 0 radical (unpaired) electrons. The minimum absolute atomic E-state index is 0.315. The van der Waals surface area contributed by atoms with Crippen molar-refractivity contribution >= 4 is 59.6 Å². The fourth-order valence-electron chi connectivity index (χ4n) is 8.56. The molecule has 7 aromatic carbocycles. The van der Waals surface area contributed by atoms with Crippen molar-refractivity contribution in [3.8, 4) is 27.9 Å². The second-order valence-electron chi connectivity index (χ2n) is 14.2. The van der Waals surface area contributed by atoms with Crippen LogP contribution in [0, 0.1) is 0 Å². The summed E-state index contributed by atoms with van der Waals surface area (Å²) in [5, 5.41) is 7.76. The van der Waals surface area contributed by atoms with E-state index in [-0.39, 0.29) is 0 Å². The summed E-state index contributed by atoms with van der Waals surface area (Å²) in [5.41, 5.74) is 14.6. The van der Waals surface area contributed by atoms with Gasteiger partial charge in [0.05, 0.1) is 11.2 Å². The number of nitrogens with one attached hydrogen (secondary N) is 1. The van der Waals surface area contributed by atoms with Crippen molar-refractivity contribution in [2.45, 2.75) is 12.3 Å². The molecule has 256 valence electrons. The maximum absolute atomic E-state index is 3.82. The van der Waals surface area contributed by atoms with Crippen molar-refractivity contribution in [2.24, 2.45) is 0 Å². The summed E-state index contributed by atoms with van der Waals surface area (Å²) in [7, 11) is 0. The van der Waals surface area contributed by atoms with E-state index < -0.39 is 0 Å². The Bertz CT molecular complexity index is 2910. The molecule has 1 N–H and O–H groups in total. The van der Waals surface area contributed by atoms with Gasteiger partial charge in [0.1, 0.15) is 4.83 Å². The summed E-state index contributed by atoms with van der Waals surface area (Å²) in [6.45, 7) is 0. The molecule has 0 spiro atoms. The molecule has 9 aromatic rings. The van der Waals surface area contributed by atoms with Crippen molar-refractivity contribution < 1.29 is 0 Å². The van der Waals surface area contributed by atoms with Crippen LogP contribution in [0.1, 0.15) is 17.9 Å². The molecule has 1 unspecified atom stereocenters. The third kappa shape index (κ3) is 4.95. The Morgan fingerprint density at radius 2 is 1.20 bits per heavy atom. The monoisotopic (exact) mass is 709 g/mol. The number of thiophene rings is 1. The van der Waals surface area contributed by atoms with Crippen LogP contribution in [0.4, 0.5) is 17.1 Å². The van der Waals surface area contributed by atoms with Crippen LogP contribution in [0.3, 0.4) is 0 Å². The number of allylic oxidation sites excluding steroid dienone is 3. The number of benzene rings is 7. The predicted octanol–water partition coefficient (Wildman–Crippen LogP) is 13.9. The first-order chi connectivity index (χ1) is 26.8. The summed E-state index contributed by atoms with van der Waals surface area (Å²) in [4.78, 5) is 3.70. The number of fused-ring (bicyclic) bond motifs is 8. The zero-order valence-corrected chi connectivity index (χ0v) is 30.3. The lowest BCUT2D eigenvalue weighted by atomic mass is 9.90. The molecule has 0 amide bonds. The van der Waals surface area contributed by atoms with Gasteiger partial charge in [0.2, 0.25) is 0 Å². The first-order valence-electron chi connectivity index (χ1n) is 18.6. The van der Waals surface area contributed by atoms with E-state index >= 15 is 0 Å². The number of anilines is 3. The molecule has 11 rings (SSSR count). The van der Waals surface area contributed by atoms with E-state index in [0.717, 1.165) is 17.8 Å². The minimum atomic E-state index is 0.315. The van der Waals surface area contributed by atoms with Crippen molar-refractivity contribution in [1.29, 1.82) is 0 Å². The molecule has 2 aliphatic rings. The Kier molecular flexibility index (Phi) is 7.17. The van der Waals surface area contributed by atoms with Crippen LogP contribution in [0.5, 0.6) is 0 Å². The van der Waals surface area contributed by atoms with Gasteiger partial charge in [0.25, 0.3) is 0 Å². The molecule has 0 bridgehead atoms. The molecule has 2 aromatic heterocycles. The van der Waals surface area contributed by atoms with Gasteiger partial charge >= 0.3 is 0 Å². The van der Waals surface area contributed by atoms with E-state index in [1.165, 1.54) is 81.8 Å². The normalized spacial score (nSPS) is 14.8. The molecule has 0 saturated heterocycles. The zero-order valence-electron chi connectivity index (χ0n) is 29.5. The van der Waals surface area contributed by atoms with Crippen molar-refractivity contribution in [3.63, 3.8) is 0 Å². The van der Waals surface area contributed by atoms with Gasteiger partial charge in [-0.2, -0.15) is 0 Å². The number of hydrogen-bond donors (Lipinski definition) is 1.